The van der Waals surface area contributed by atoms with Crippen LogP contribution in [0.5, 0.6) is 0 Å². The molecular weight excluding hydrogens is 322 g/mol. The van der Waals surface area contributed by atoms with Crippen molar-refractivity contribution in [1.29, 1.82) is 0 Å². The third-order valence-electron chi connectivity index (χ3n) is 3.57. The lowest BCUT2D eigenvalue weighted by atomic mass is 10.1. The van der Waals surface area contributed by atoms with Gasteiger partial charge in [-0.05, 0) is 31.5 Å². The van der Waals surface area contributed by atoms with Gasteiger partial charge < -0.3 is 0 Å². The summed E-state index contributed by atoms with van der Waals surface area (Å²) < 4.78 is 0. The van der Waals surface area contributed by atoms with Crippen molar-refractivity contribution in [2.24, 2.45) is 0 Å². The zero-order valence-corrected chi connectivity index (χ0v) is 14.1. The minimum absolute atomic E-state index is 0.0334. The third-order valence-corrected chi connectivity index (χ3v) is 4.45. The molecule has 1 heterocycles. The fraction of sp³-hybridized carbons (Fsp3) is 0.111. The molecule has 3 aromatic rings. The number of amides is 1. The number of ketones is 1. The molecule has 2 aromatic carbocycles. The average molecular weight is 337 g/mol. The predicted molar refractivity (Wildman–Crippen MR) is 94.5 cm³/mol. The second-order valence-electron chi connectivity index (χ2n) is 5.31. The number of Topliss-reactive ketones (excluding diaryl/α,β-unsaturated/α-hetero) is 1. The van der Waals surface area contributed by atoms with Crippen LogP contribution >= 0.6 is 11.3 Å². The summed E-state index contributed by atoms with van der Waals surface area (Å²) in [6.07, 6.45) is 0. The normalized spacial score (nSPS) is 10.4. The molecule has 0 aliphatic heterocycles. The number of aromatic nitrogens is 2. The zero-order valence-electron chi connectivity index (χ0n) is 13.2. The molecule has 1 N–H and O–H groups in total. The van der Waals surface area contributed by atoms with Gasteiger partial charge in [0.2, 0.25) is 5.13 Å². The van der Waals surface area contributed by atoms with Gasteiger partial charge >= 0.3 is 0 Å². The van der Waals surface area contributed by atoms with Crippen LogP contribution in [0.2, 0.25) is 0 Å². The molecule has 1 aromatic heterocycles. The van der Waals surface area contributed by atoms with Crippen molar-refractivity contribution in [2.45, 2.75) is 13.8 Å². The Morgan fingerprint density at radius 1 is 0.958 bits per heavy atom. The van der Waals surface area contributed by atoms with Crippen LogP contribution in [0.3, 0.4) is 0 Å². The maximum absolute atomic E-state index is 12.3. The van der Waals surface area contributed by atoms with E-state index < -0.39 is 0 Å². The summed E-state index contributed by atoms with van der Waals surface area (Å²) in [6, 6.07) is 14.4. The summed E-state index contributed by atoms with van der Waals surface area (Å²) in [5, 5.41) is 12.1. The van der Waals surface area contributed by atoms with E-state index in [1.165, 1.54) is 18.3 Å². The minimum Gasteiger partial charge on any atom is -0.296 e. The summed E-state index contributed by atoms with van der Waals surface area (Å²) in [6.45, 7) is 3.50. The van der Waals surface area contributed by atoms with Crippen molar-refractivity contribution in [3.8, 4) is 10.6 Å². The smallest absolute Gasteiger partial charge is 0.257 e. The van der Waals surface area contributed by atoms with E-state index in [9.17, 15) is 9.59 Å². The van der Waals surface area contributed by atoms with Gasteiger partial charge in [-0.1, -0.05) is 47.7 Å². The first kappa shape index (κ1) is 16.0. The molecule has 0 aliphatic carbocycles. The lowest BCUT2D eigenvalue weighted by Gasteiger charge is -2.02. The van der Waals surface area contributed by atoms with Crippen LogP contribution in [0, 0.1) is 6.92 Å². The molecular formula is C18H15N3O2S. The number of carbonyl (C=O) groups excluding carboxylic acids is 2. The number of anilines is 1. The molecule has 0 unspecified atom stereocenters. The van der Waals surface area contributed by atoms with Gasteiger partial charge in [-0.25, -0.2) is 0 Å². The topological polar surface area (TPSA) is 72.0 Å². The van der Waals surface area contributed by atoms with E-state index in [-0.39, 0.29) is 11.7 Å². The van der Waals surface area contributed by atoms with Gasteiger partial charge in [0.05, 0.1) is 0 Å². The van der Waals surface area contributed by atoms with E-state index in [4.69, 9.17) is 0 Å². The number of benzene rings is 2. The number of nitrogens with zero attached hydrogens (tertiary/aromatic N) is 2. The first-order chi connectivity index (χ1) is 11.5. The van der Waals surface area contributed by atoms with Crippen LogP contribution in [0.1, 0.15) is 33.2 Å². The number of nitrogens with one attached hydrogen (secondary N) is 1. The molecule has 0 saturated carbocycles. The quantitative estimate of drug-likeness (QED) is 0.731. The molecule has 5 nitrogen and oxygen atoms in total. The molecule has 0 saturated heterocycles. The van der Waals surface area contributed by atoms with Crippen molar-refractivity contribution < 1.29 is 9.59 Å². The Morgan fingerprint density at radius 3 is 2.29 bits per heavy atom. The van der Waals surface area contributed by atoms with Crippen LogP contribution in [-0.2, 0) is 0 Å². The Labute approximate surface area is 143 Å². The van der Waals surface area contributed by atoms with Gasteiger partial charge in [0.15, 0.2) is 5.78 Å². The van der Waals surface area contributed by atoms with Crippen molar-refractivity contribution in [1.82, 2.24) is 10.2 Å². The van der Waals surface area contributed by atoms with E-state index >= 15 is 0 Å². The summed E-state index contributed by atoms with van der Waals surface area (Å²) >= 11 is 1.32. The first-order valence-electron chi connectivity index (χ1n) is 7.36. The number of hydrogen-bond donors (Lipinski definition) is 1. The molecule has 3 rings (SSSR count). The maximum Gasteiger partial charge on any atom is 0.257 e. The van der Waals surface area contributed by atoms with Crippen LogP contribution in [0.15, 0.2) is 48.5 Å². The van der Waals surface area contributed by atoms with Crippen molar-refractivity contribution >= 4 is 28.2 Å². The van der Waals surface area contributed by atoms with Gasteiger partial charge in [0.25, 0.3) is 5.91 Å². The van der Waals surface area contributed by atoms with E-state index in [1.54, 1.807) is 24.3 Å². The fourth-order valence-electron chi connectivity index (χ4n) is 2.22. The summed E-state index contributed by atoms with van der Waals surface area (Å²) in [5.41, 5.74) is 3.14. The second-order valence-corrected chi connectivity index (χ2v) is 6.29. The summed E-state index contributed by atoms with van der Waals surface area (Å²) in [5.74, 6) is -0.313. The first-order valence-corrected chi connectivity index (χ1v) is 8.18. The molecule has 24 heavy (non-hydrogen) atoms. The van der Waals surface area contributed by atoms with E-state index in [2.05, 4.69) is 15.5 Å². The van der Waals surface area contributed by atoms with Gasteiger partial charge in [-0.2, -0.15) is 0 Å². The van der Waals surface area contributed by atoms with Crippen LogP contribution in [0.25, 0.3) is 10.6 Å². The Morgan fingerprint density at radius 2 is 1.62 bits per heavy atom. The highest BCUT2D eigenvalue weighted by molar-refractivity contribution is 7.18. The highest BCUT2D eigenvalue weighted by atomic mass is 32.1. The maximum atomic E-state index is 12.3. The van der Waals surface area contributed by atoms with Gasteiger partial charge in [0.1, 0.15) is 5.01 Å². The third kappa shape index (κ3) is 3.38. The number of hydrogen-bond acceptors (Lipinski definition) is 5. The molecule has 0 atom stereocenters. The standard InChI is InChI=1S/C18H15N3O2S/c1-11-5-3-4-6-15(11)17-20-21-18(24-17)19-16(23)14-9-7-13(8-10-14)12(2)22/h3-10H,1-2H3,(H,19,21,23). The SMILES string of the molecule is CC(=O)c1ccc(C(=O)Nc2nnc(-c3ccccc3C)s2)cc1. The van der Waals surface area contributed by atoms with Crippen LogP contribution in [-0.4, -0.2) is 21.9 Å². The molecule has 0 fully saturated rings. The predicted octanol–water partition coefficient (Wildman–Crippen LogP) is 3.97. The Balaban J connectivity index is 1.76. The van der Waals surface area contributed by atoms with Gasteiger partial charge in [0, 0.05) is 16.7 Å². The van der Waals surface area contributed by atoms with Crippen molar-refractivity contribution in [3.05, 3.63) is 65.2 Å². The van der Waals surface area contributed by atoms with Gasteiger partial charge in [-0.15, -0.1) is 10.2 Å². The monoisotopic (exact) mass is 337 g/mol. The highest BCUT2D eigenvalue weighted by Crippen LogP contribution is 2.28. The zero-order chi connectivity index (χ0) is 17.1. The van der Waals surface area contributed by atoms with E-state index in [1.807, 2.05) is 31.2 Å². The Bertz CT molecular complexity index is 901. The second kappa shape index (κ2) is 6.72. The largest absolute Gasteiger partial charge is 0.296 e. The molecule has 0 spiro atoms. The van der Waals surface area contributed by atoms with E-state index in [0.29, 0.717) is 16.3 Å². The number of carbonyl (C=O) groups is 2. The minimum atomic E-state index is -0.280. The molecule has 1 amide bonds. The number of rotatable bonds is 4. The molecule has 0 bridgehead atoms. The lowest BCUT2D eigenvalue weighted by Crippen LogP contribution is -2.11. The van der Waals surface area contributed by atoms with Crippen molar-refractivity contribution in [3.63, 3.8) is 0 Å². The summed E-state index contributed by atoms with van der Waals surface area (Å²) in [4.78, 5) is 23.5. The number of aryl methyl sites for hydroxylation is 1. The summed E-state index contributed by atoms with van der Waals surface area (Å²) in [7, 11) is 0. The fourth-order valence-corrected chi connectivity index (χ4v) is 3.05. The van der Waals surface area contributed by atoms with Crippen LogP contribution < -0.4 is 5.32 Å². The lowest BCUT2D eigenvalue weighted by molar-refractivity contribution is 0.100. The van der Waals surface area contributed by atoms with E-state index in [0.717, 1.165) is 16.1 Å². The van der Waals surface area contributed by atoms with Gasteiger partial charge in [-0.3, -0.25) is 14.9 Å². The van der Waals surface area contributed by atoms with Crippen molar-refractivity contribution in [2.75, 3.05) is 5.32 Å². The molecule has 0 aliphatic rings. The highest BCUT2D eigenvalue weighted by Gasteiger charge is 2.12. The average Bonchev–Trinajstić information content (AvgIpc) is 3.03. The Hall–Kier alpha value is -2.86. The van der Waals surface area contributed by atoms with Crippen LogP contribution in [0.4, 0.5) is 5.13 Å². The molecule has 120 valence electrons. The Kier molecular flexibility index (Phi) is 4.48. The molecule has 6 heteroatoms. The molecule has 0 radical (unpaired) electrons.